The molecule has 0 aliphatic carbocycles. The van der Waals surface area contributed by atoms with Gasteiger partial charge in [0, 0.05) is 22.5 Å². The van der Waals surface area contributed by atoms with Crippen molar-refractivity contribution in [3.63, 3.8) is 0 Å². The number of hydrogen-bond acceptors (Lipinski definition) is 1. The van der Waals surface area contributed by atoms with E-state index >= 15 is 0 Å². The Morgan fingerprint density at radius 3 is 2.57 bits per heavy atom. The lowest BCUT2D eigenvalue weighted by molar-refractivity contribution is -0.121. The van der Waals surface area contributed by atoms with E-state index in [-0.39, 0.29) is 17.9 Å². The second-order valence-corrected chi connectivity index (χ2v) is 8.02. The molecule has 21 heavy (non-hydrogen) atoms. The molecule has 2 rings (SSSR count). The Morgan fingerprint density at radius 2 is 2.00 bits per heavy atom. The van der Waals surface area contributed by atoms with Crippen molar-refractivity contribution in [3.8, 4) is 0 Å². The van der Waals surface area contributed by atoms with Crippen molar-refractivity contribution >= 4 is 27.5 Å². The highest BCUT2D eigenvalue weighted by molar-refractivity contribution is 9.09. The number of carbonyl (C=O) groups is 1. The molecule has 1 aromatic rings. The third-order valence-electron chi connectivity index (χ3n) is 4.24. The van der Waals surface area contributed by atoms with Crippen LogP contribution < -0.4 is 4.90 Å². The fourth-order valence-electron chi connectivity index (χ4n) is 2.89. The standard InChI is InChI=1S/C18H26BrNO/c1-11(2)16(19)10-14-6-7-17-15(9-14)8-13(5)20(17)18(21)12(3)4/h6-7,9,11-13,16H,8,10H2,1-5H3. The first kappa shape index (κ1) is 16.5. The lowest BCUT2D eigenvalue weighted by atomic mass is 9.99. The van der Waals surface area contributed by atoms with Crippen LogP contribution in [0.2, 0.25) is 0 Å². The van der Waals surface area contributed by atoms with Gasteiger partial charge in [-0.2, -0.15) is 0 Å². The van der Waals surface area contributed by atoms with Gasteiger partial charge in [0.1, 0.15) is 0 Å². The van der Waals surface area contributed by atoms with Crippen LogP contribution in [0.25, 0.3) is 0 Å². The van der Waals surface area contributed by atoms with Crippen molar-refractivity contribution in [2.45, 2.75) is 58.3 Å². The van der Waals surface area contributed by atoms with Crippen molar-refractivity contribution in [2.75, 3.05) is 4.90 Å². The molecule has 116 valence electrons. The van der Waals surface area contributed by atoms with Crippen LogP contribution in [0.4, 0.5) is 5.69 Å². The number of benzene rings is 1. The van der Waals surface area contributed by atoms with Gasteiger partial charge in [0.25, 0.3) is 0 Å². The molecule has 0 N–H and O–H groups in total. The minimum Gasteiger partial charge on any atom is -0.309 e. The first-order chi connectivity index (χ1) is 9.81. The summed E-state index contributed by atoms with van der Waals surface area (Å²) in [5.74, 6) is 0.900. The number of halogens is 1. The Morgan fingerprint density at radius 1 is 1.33 bits per heavy atom. The van der Waals surface area contributed by atoms with E-state index in [2.05, 4.69) is 54.9 Å². The summed E-state index contributed by atoms with van der Waals surface area (Å²) < 4.78 is 0. The van der Waals surface area contributed by atoms with E-state index in [1.54, 1.807) is 0 Å². The van der Waals surface area contributed by atoms with E-state index in [9.17, 15) is 4.79 Å². The smallest absolute Gasteiger partial charge is 0.229 e. The summed E-state index contributed by atoms with van der Waals surface area (Å²) in [5, 5.41) is 0. The van der Waals surface area contributed by atoms with Crippen molar-refractivity contribution in [1.82, 2.24) is 0 Å². The molecule has 1 heterocycles. The van der Waals surface area contributed by atoms with Crippen molar-refractivity contribution < 1.29 is 4.79 Å². The number of rotatable bonds is 4. The number of amides is 1. The Bertz CT molecular complexity index is 524. The predicted octanol–water partition coefficient (Wildman–Crippen LogP) is 4.58. The first-order valence-corrected chi connectivity index (χ1v) is 8.81. The summed E-state index contributed by atoms with van der Waals surface area (Å²) in [6.45, 7) is 10.6. The van der Waals surface area contributed by atoms with Gasteiger partial charge >= 0.3 is 0 Å². The molecule has 0 saturated heterocycles. The van der Waals surface area contributed by atoms with Crippen LogP contribution in [0, 0.1) is 11.8 Å². The normalized spacial score (nSPS) is 19.2. The molecule has 2 atom stereocenters. The molecule has 1 aromatic carbocycles. The summed E-state index contributed by atoms with van der Waals surface area (Å²) in [5.41, 5.74) is 3.79. The largest absolute Gasteiger partial charge is 0.309 e. The lowest BCUT2D eigenvalue weighted by Crippen LogP contribution is -2.38. The highest BCUT2D eigenvalue weighted by Crippen LogP contribution is 2.34. The fourth-order valence-corrected chi connectivity index (χ4v) is 3.26. The maximum atomic E-state index is 12.4. The van der Waals surface area contributed by atoms with Gasteiger partial charge < -0.3 is 4.90 Å². The van der Waals surface area contributed by atoms with Gasteiger partial charge in [-0.25, -0.2) is 0 Å². The average molecular weight is 352 g/mol. The Hall–Kier alpha value is -0.830. The van der Waals surface area contributed by atoms with Crippen LogP contribution in [0.1, 0.15) is 45.7 Å². The molecule has 1 aliphatic rings. The second kappa shape index (κ2) is 6.51. The van der Waals surface area contributed by atoms with E-state index in [1.807, 2.05) is 18.7 Å². The quantitative estimate of drug-likeness (QED) is 0.726. The van der Waals surface area contributed by atoms with Crippen molar-refractivity contribution in [2.24, 2.45) is 11.8 Å². The topological polar surface area (TPSA) is 20.3 Å². The predicted molar refractivity (Wildman–Crippen MR) is 93.2 cm³/mol. The lowest BCUT2D eigenvalue weighted by Gasteiger charge is -2.24. The van der Waals surface area contributed by atoms with Crippen LogP contribution in [0.5, 0.6) is 0 Å². The highest BCUT2D eigenvalue weighted by atomic mass is 79.9. The summed E-state index contributed by atoms with van der Waals surface area (Å²) in [4.78, 5) is 14.9. The number of hydrogen-bond donors (Lipinski definition) is 0. The van der Waals surface area contributed by atoms with Gasteiger partial charge in [-0.1, -0.05) is 55.8 Å². The molecule has 2 unspecified atom stereocenters. The molecule has 0 radical (unpaired) electrons. The Kier molecular flexibility index (Phi) is 5.13. The van der Waals surface area contributed by atoms with Crippen molar-refractivity contribution in [1.29, 1.82) is 0 Å². The zero-order valence-electron chi connectivity index (χ0n) is 13.7. The van der Waals surface area contributed by atoms with Gasteiger partial charge in [0.2, 0.25) is 5.91 Å². The van der Waals surface area contributed by atoms with Crippen molar-refractivity contribution in [3.05, 3.63) is 29.3 Å². The zero-order valence-corrected chi connectivity index (χ0v) is 15.3. The number of alkyl halides is 1. The van der Waals surface area contributed by atoms with E-state index in [0.29, 0.717) is 10.7 Å². The summed E-state index contributed by atoms with van der Waals surface area (Å²) in [6.07, 6.45) is 2.01. The van der Waals surface area contributed by atoms with E-state index in [4.69, 9.17) is 0 Å². The highest BCUT2D eigenvalue weighted by Gasteiger charge is 2.32. The Labute approximate surface area is 137 Å². The van der Waals surface area contributed by atoms with Crippen LogP contribution >= 0.6 is 15.9 Å². The van der Waals surface area contributed by atoms with Gasteiger partial charge in [-0.05, 0) is 42.9 Å². The van der Waals surface area contributed by atoms with E-state index in [1.165, 1.54) is 11.1 Å². The van der Waals surface area contributed by atoms with Crippen LogP contribution in [0.15, 0.2) is 18.2 Å². The monoisotopic (exact) mass is 351 g/mol. The molecule has 0 bridgehead atoms. The number of anilines is 1. The average Bonchev–Trinajstić information content (AvgIpc) is 2.72. The third-order valence-corrected chi connectivity index (χ3v) is 5.63. The Balaban J connectivity index is 2.23. The van der Waals surface area contributed by atoms with E-state index in [0.717, 1.165) is 18.5 Å². The molecule has 1 aliphatic heterocycles. The minimum atomic E-state index is 0.0472. The SMILES string of the molecule is CC(C)C(=O)N1c2ccc(CC(Br)C(C)C)cc2CC1C. The maximum Gasteiger partial charge on any atom is 0.229 e. The molecular formula is C18H26BrNO. The van der Waals surface area contributed by atoms with Gasteiger partial charge in [-0.3, -0.25) is 4.79 Å². The summed E-state index contributed by atoms with van der Waals surface area (Å²) >= 11 is 3.76. The second-order valence-electron chi connectivity index (χ2n) is 6.84. The minimum absolute atomic E-state index is 0.0472. The third kappa shape index (κ3) is 3.50. The molecule has 0 saturated carbocycles. The van der Waals surface area contributed by atoms with Crippen LogP contribution in [-0.4, -0.2) is 16.8 Å². The zero-order chi connectivity index (χ0) is 15.7. The molecule has 0 spiro atoms. The summed E-state index contributed by atoms with van der Waals surface area (Å²) in [6, 6.07) is 6.87. The maximum absolute atomic E-state index is 12.4. The number of nitrogens with zero attached hydrogens (tertiary/aromatic N) is 1. The molecule has 3 heteroatoms. The molecule has 1 amide bonds. The molecule has 2 nitrogen and oxygen atoms in total. The molecule has 0 aromatic heterocycles. The van der Waals surface area contributed by atoms with Gasteiger partial charge in [0.15, 0.2) is 0 Å². The first-order valence-electron chi connectivity index (χ1n) is 7.90. The number of fused-ring (bicyclic) bond motifs is 1. The molecular weight excluding hydrogens is 326 g/mol. The number of carbonyl (C=O) groups excluding carboxylic acids is 1. The van der Waals surface area contributed by atoms with Crippen LogP contribution in [-0.2, 0) is 17.6 Å². The van der Waals surface area contributed by atoms with E-state index < -0.39 is 0 Å². The fraction of sp³-hybridized carbons (Fsp3) is 0.611. The van der Waals surface area contributed by atoms with Gasteiger partial charge in [0.05, 0.1) is 0 Å². The molecule has 0 fully saturated rings. The summed E-state index contributed by atoms with van der Waals surface area (Å²) in [7, 11) is 0. The van der Waals surface area contributed by atoms with Crippen LogP contribution in [0.3, 0.4) is 0 Å². The van der Waals surface area contributed by atoms with Gasteiger partial charge in [-0.15, -0.1) is 0 Å².